The van der Waals surface area contributed by atoms with Crippen LogP contribution in [0.4, 0.5) is 0 Å². The molecule has 0 radical (unpaired) electrons. The van der Waals surface area contributed by atoms with Crippen LogP contribution < -0.4 is 10.6 Å². The molecule has 0 spiro atoms. The van der Waals surface area contributed by atoms with E-state index in [1.165, 1.54) is 4.88 Å². The maximum Gasteiger partial charge on any atom is 0.191 e. The number of hydrogen-bond acceptors (Lipinski definition) is 4. The highest BCUT2D eigenvalue weighted by Gasteiger charge is 2.11. The Balaban J connectivity index is 1.97. The van der Waals surface area contributed by atoms with Crippen LogP contribution in [0.5, 0.6) is 0 Å². The Hall–Kier alpha value is -1.92. The van der Waals surface area contributed by atoms with E-state index in [-0.39, 0.29) is 12.5 Å². The van der Waals surface area contributed by atoms with E-state index in [1.54, 1.807) is 11.3 Å². The van der Waals surface area contributed by atoms with Gasteiger partial charge in [0, 0.05) is 23.9 Å². The van der Waals surface area contributed by atoms with Crippen LogP contribution in [0.2, 0.25) is 0 Å². The van der Waals surface area contributed by atoms with Gasteiger partial charge < -0.3 is 15.7 Å². The van der Waals surface area contributed by atoms with Crippen molar-refractivity contribution in [1.29, 1.82) is 0 Å². The normalized spacial score (nSPS) is 12.9. The molecule has 5 nitrogen and oxygen atoms in total. The minimum atomic E-state index is 0.0465. The number of aryl methyl sites for hydroxylation is 1. The number of nitrogens with zero attached hydrogens (tertiary/aromatic N) is 2. The fraction of sp³-hybridized carbons (Fsp3) is 0.412. The molecule has 0 saturated carbocycles. The predicted molar refractivity (Wildman–Crippen MR) is 95.9 cm³/mol. The number of nitrogens with one attached hydrogen (secondary N) is 2. The van der Waals surface area contributed by atoms with Crippen molar-refractivity contribution in [2.75, 3.05) is 19.7 Å². The summed E-state index contributed by atoms with van der Waals surface area (Å²) in [6, 6.07) is 10.0. The van der Waals surface area contributed by atoms with Gasteiger partial charge in [-0.3, -0.25) is 0 Å². The number of guanidine groups is 1. The molecule has 0 fully saturated rings. The van der Waals surface area contributed by atoms with Crippen molar-refractivity contribution < 1.29 is 5.11 Å². The number of thiazole rings is 1. The van der Waals surface area contributed by atoms with Gasteiger partial charge in [-0.15, -0.1) is 11.3 Å². The lowest BCUT2D eigenvalue weighted by atomic mass is 10.0. The summed E-state index contributed by atoms with van der Waals surface area (Å²) < 4.78 is 0. The molecule has 1 unspecified atom stereocenters. The van der Waals surface area contributed by atoms with Gasteiger partial charge in [-0.1, -0.05) is 30.3 Å². The molecular formula is C17H24N4OS. The van der Waals surface area contributed by atoms with Crippen molar-refractivity contribution >= 4 is 17.3 Å². The highest BCUT2D eigenvalue weighted by atomic mass is 32.1. The van der Waals surface area contributed by atoms with Gasteiger partial charge in [-0.05, 0) is 19.4 Å². The summed E-state index contributed by atoms with van der Waals surface area (Å²) in [6.45, 7) is 6.18. The molecule has 0 saturated heterocycles. The molecule has 2 aromatic rings. The average molecular weight is 332 g/mol. The van der Waals surface area contributed by atoms with Gasteiger partial charge in [-0.2, -0.15) is 0 Å². The largest absolute Gasteiger partial charge is 0.396 e. The molecule has 23 heavy (non-hydrogen) atoms. The van der Waals surface area contributed by atoms with Crippen molar-refractivity contribution in [3.05, 3.63) is 52.0 Å². The summed E-state index contributed by atoms with van der Waals surface area (Å²) in [6.07, 6.45) is 0. The molecule has 2 rings (SSSR count). The van der Waals surface area contributed by atoms with Gasteiger partial charge >= 0.3 is 0 Å². The van der Waals surface area contributed by atoms with E-state index >= 15 is 0 Å². The second kappa shape index (κ2) is 9.27. The molecule has 3 N–H and O–H groups in total. The minimum Gasteiger partial charge on any atom is -0.396 e. The summed E-state index contributed by atoms with van der Waals surface area (Å²) >= 11 is 1.62. The minimum absolute atomic E-state index is 0.0465. The Labute approximate surface area is 141 Å². The molecule has 1 aromatic carbocycles. The topological polar surface area (TPSA) is 69.5 Å². The number of rotatable bonds is 7. The van der Waals surface area contributed by atoms with Gasteiger partial charge in [0.2, 0.25) is 0 Å². The zero-order valence-corrected chi connectivity index (χ0v) is 14.4. The lowest BCUT2D eigenvalue weighted by molar-refractivity contribution is 0.265. The Bertz CT molecular complexity index is 612. The van der Waals surface area contributed by atoms with Crippen LogP contribution >= 0.6 is 11.3 Å². The highest BCUT2D eigenvalue weighted by Crippen LogP contribution is 2.14. The SMILES string of the molecule is CCNC(=NCc1scnc1C)NCC(CO)c1ccccc1. The molecule has 0 amide bonds. The number of aliphatic imine (C=N–C) groups is 1. The molecule has 124 valence electrons. The summed E-state index contributed by atoms with van der Waals surface area (Å²) in [5.74, 6) is 0.805. The van der Waals surface area contributed by atoms with Crippen molar-refractivity contribution in [2.45, 2.75) is 26.3 Å². The Morgan fingerprint density at radius 2 is 2.09 bits per heavy atom. The first-order valence-electron chi connectivity index (χ1n) is 7.81. The van der Waals surface area contributed by atoms with Crippen LogP contribution in [0.3, 0.4) is 0 Å². The molecule has 1 heterocycles. The maximum absolute atomic E-state index is 9.63. The van der Waals surface area contributed by atoms with Gasteiger partial charge in [0.15, 0.2) is 5.96 Å². The monoisotopic (exact) mass is 332 g/mol. The van der Waals surface area contributed by atoms with Crippen molar-refractivity contribution in [3.63, 3.8) is 0 Å². The lowest BCUT2D eigenvalue weighted by Gasteiger charge is -2.18. The van der Waals surface area contributed by atoms with Gasteiger partial charge in [0.25, 0.3) is 0 Å². The standard InChI is InChI=1S/C17H24N4OS/c1-3-18-17(20-10-16-13(2)21-12-23-16)19-9-15(11-22)14-7-5-4-6-8-14/h4-8,12,15,22H,3,9-11H2,1-2H3,(H2,18,19,20). The fourth-order valence-electron chi connectivity index (χ4n) is 2.20. The van der Waals surface area contributed by atoms with Gasteiger partial charge in [0.1, 0.15) is 0 Å². The van der Waals surface area contributed by atoms with E-state index in [0.29, 0.717) is 13.1 Å². The molecule has 1 atom stereocenters. The summed E-state index contributed by atoms with van der Waals surface area (Å²) in [7, 11) is 0. The Morgan fingerprint density at radius 1 is 1.30 bits per heavy atom. The summed E-state index contributed by atoms with van der Waals surface area (Å²) in [5.41, 5.74) is 4.00. The van der Waals surface area contributed by atoms with Gasteiger partial charge in [0.05, 0.1) is 24.4 Å². The van der Waals surface area contributed by atoms with Crippen molar-refractivity contribution in [2.24, 2.45) is 4.99 Å². The number of hydrogen-bond donors (Lipinski definition) is 3. The van der Waals surface area contributed by atoms with Crippen LogP contribution in [0, 0.1) is 6.92 Å². The van der Waals surface area contributed by atoms with Crippen molar-refractivity contribution in [1.82, 2.24) is 15.6 Å². The molecule has 0 aliphatic rings. The number of aliphatic hydroxyl groups is 1. The number of benzene rings is 1. The quantitative estimate of drug-likeness (QED) is 0.537. The third-order valence-corrected chi connectivity index (χ3v) is 4.50. The molecule has 0 bridgehead atoms. The highest BCUT2D eigenvalue weighted by molar-refractivity contribution is 7.09. The second-order valence-corrected chi connectivity index (χ2v) is 6.17. The first-order valence-corrected chi connectivity index (χ1v) is 8.69. The molecule has 0 aliphatic heterocycles. The zero-order chi connectivity index (χ0) is 16.5. The van der Waals surface area contributed by atoms with Crippen LogP contribution in [0.25, 0.3) is 0 Å². The fourth-order valence-corrected chi connectivity index (χ4v) is 2.90. The summed E-state index contributed by atoms with van der Waals surface area (Å²) in [4.78, 5) is 10.0. The maximum atomic E-state index is 9.63. The van der Waals surface area contributed by atoms with Crippen LogP contribution in [-0.2, 0) is 6.54 Å². The van der Waals surface area contributed by atoms with Gasteiger partial charge in [-0.25, -0.2) is 9.98 Å². The zero-order valence-electron chi connectivity index (χ0n) is 13.6. The van der Waals surface area contributed by atoms with E-state index < -0.39 is 0 Å². The van der Waals surface area contributed by atoms with E-state index in [9.17, 15) is 5.11 Å². The van der Waals surface area contributed by atoms with E-state index in [1.807, 2.05) is 49.7 Å². The number of aliphatic hydroxyl groups excluding tert-OH is 1. The second-order valence-electron chi connectivity index (χ2n) is 5.23. The third-order valence-electron chi connectivity index (χ3n) is 3.58. The van der Waals surface area contributed by atoms with E-state index in [2.05, 4.69) is 20.6 Å². The third kappa shape index (κ3) is 5.33. The smallest absolute Gasteiger partial charge is 0.191 e. The van der Waals surface area contributed by atoms with Crippen LogP contribution in [0.15, 0.2) is 40.8 Å². The van der Waals surface area contributed by atoms with E-state index in [0.717, 1.165) is 23.8 Å². The lowest BCUT2D eigenvalue weighted by Crippen LogP contribution is -2.39. The molecular weight excluding hydrogens is 308 g/mol. The first kappa shape index (κ1) is 17.4. The molecule has 0 aliphatic carbocycles. The molecule has 6 heteroatoms. The summed E-state index contributed by atoms with van der Waals surface area (Å²) in [5, 5.41) is 16.2. The molecule has 1 aromatic heterocycles. The van der Waals surface area contributed by atoms with E-state index in [4.69, 9.17) is 0 Å². The van der Waals surface area contributed by atoms with Crippen LogP contribution in [-0.4, -0.2) is 35.7 Å². The average Bonchev–Trinajstić information content (AvgIpc) is 2.99. The first-order chi connectivity index (χ1) is 11.2. The number of aromatic nitrogens is 1. The Morgan fingerprint density at radius 3 is 2.70 bits per heavy atom. The Kier molecular flexibility index (Phi) is 7.03. The van der Waals surface area contributed by atoms with Crippen LogP contribution in [0.1, 0.15) is 29.0 Å². The predicted octanol–water partition coefficient (Wildman–Crippen LogP) is 2.28. The van der Waals surface area contributed by atoms with Crippen molar-refractivity contribution in [3.8, 4) is 0 Å².